The predicted molar refractivity (Wildman–Crippen MR) is 100.0 cm³/mol. The number of rotatable bonds is 8. The van der Waals surface area contributed by atoms with Crippen molar-refractivity contribution < 1.29 is 19.1 Å². The van der Waals surface area contributed by atoms with Crippen LogP contribution in [0.2, 0.25) is 0 Å². The molecule has 0 bridgehead atoms. The van der Waals surface area contributed by atoms with E-state index in [1.807, 2.05) is 36.4 Å². The highest BCUT2D eigenvalue weighted by Gasteiger charge is 2.23. The molecule has 0 fully saturated rings. The molecule has 0 aromatic heterocycles. The third-order valence-electron chi connectivity index (χ3n) is 3.85. The number of benzene rings is 2. The minimum absolute atomic E-state index is 0.357. The van der Waals surface area contributed by atoms with Crippen LogP contribution in [0.1, 0.15) is 25.0 Å². The summed E-state index contributed by atoms with van der Waals surface area (Å²) < 4.78 is 10.6. The highest BCUT2D eigenvalue weighted by Crippen LogP contribution is 2.14. The summed E-state index contributed by atoms with van der Waals surface area (Å²) in [6.07, 6.45) is -1.09. The first-order valence-electron chi connectivity index (χ1n) is 8.68. The zero-order valence-corrected chi connectivity index (χ0v) is 15.3. The Kier molecular flexibility index (Phi) is 7.38. The monoisotopic (exact) mass is 366 g/mol. The number of hydrogen-bond donors (Lipinski definition) is 1. The van der Waals surface area contributed by atoms with Gasteiger partial charge in [0.1, 0.15) is 5.75 Å². The molecule has 0 saturated carbocycles. The molecule has 0 aliphatic heterocycles. The van der Waals surface area contributed by atoms with Gasteiger partial charge in [-0.25, -0.2) is 4.79 Å². The van der Waals surface area contributed by atoms with E-state index >= 15 is 0 Å². The molecule has 2 aromatic rings. The van der Waals surface area contributed by atoms with E-state index in [0.29, 0.717) is 24.3 Å². The van der Waals surface area contributed by atoms with Gasteiger partial charge in [0.25, 0.3) is 5.91 Å². The molecule has 0 aliphatic rings. The number of carbonyl (C=O) groups is 2. The Hall–Kier alpha value is -3.33. The Balaban J connectivity index is 1.75. The Bertz CT molecular complexity index is 797. The van der Waals surface area contributed by atoms with E-state index in [2.05, 4.69) is 5.32 Å². The Morgan fingerprint density at radius 1 is 1.04 bits per heavy atom. The van der Waals surface area contributed by atoms with E-state index in [0.717, 1.165) is 5.56 Å². The van der Waals surface area contributed by atoms with Gasteiger partial charge in [-0.3, -0.25) is 4.79 Å². The topological polar surface area (TPSA) is 88.4 Å². The number of amides is 1. The van der Waals surface area contributed by atoms with Gasteiger partial charge in [0.2, 0.25) is 0 Å². The molecule has 1 amide bonds. The molecule has 0 aliphatic carbocycles. The normalized spacial score (nSPS) is 12.3. The summed E-state index contributed by atoms with van der Waals surface area (Å²) in [4.78, 5) is 24.2. The fraction of sp³-hybridized carbons (Fsp3) is 0.286. The van der Waals surface area contributed by atoms with Crippen LogP contribution in [-0.4, -0.2) is 30.6 Å². The zero-order valence-electron chi connectivity index (χ0n) is 15.3. The molecule has 27 heavy (non-hydrogen) atoms. The fourth-order valence-corrected chi connectivity index (χ4v) is 2.30. The maximum atomic E-state index is 12.1. The number of nitrogens with zero attached hydrogens (tertiary/aromatic N) is 1. The minimum Gasteiger partial charge on any atom is -0.479 e. The molecule has 0 saturated heterocycles. The summed E-state index contributed by atoms with van der Waals surface area (Å²) in [7, 11) is 0. The van der Waals surface area contributed by atoms with Crippen molar-refractivity contribution in [2.45, 2.75) is 32.5 Å². The molecule has 0 radical (unpaired) electrons. The summed E-state index contributed by atoms with van der Waals surface area (Å²) in [6.45, 7) is 3.52. The van der Waals surface area contributed by atoms with Crippen molar-refractivity contribution in [2.24, 2.45) is 0 Å². The van der Waals surface area contributed by atoms with E-state index < -0.39 is 18.2 Å². The van der Waals surface area contributed by atoms with Gasteiger partial charge in [0, 0.05) is 6.54 Å². The largest absolute Gasteiger partial charge is 0.479 e. The first-order chi connectivity index (χ1) is 13.0. The summed E-state index contributed by atoms with van der Waals surface area (Å²) in [5.74, 6) is -0.548. The molecular formula is C21H22N2O4. The van der Waals surface area contributed by atoms with Crippen molar-refractivity contribution >= 4 is 11.9 Å². The third-order valence-corrected chi connectivity index (χ3v) is 3.85. The standard InChI is InChI=1S/C21H22N2O4/c1-15(20(24)23-13-12-17-6-4-3-5-7-17)27-21(25)16(2)26-19-10-8-18(14-22)9-11-19/h3-11,15-16H,12-13H2,1-2H3,(H,23,24)/t15-,16+/m1/s1. The number of nitrogens with one attached hydrogen (secondary N) is 1. The number of ether oxygens (including phenoxy) is 2. The van der Waals surface area contributed by atoms with Crippen LogP contribution in [0.3, 0.4) is 0 Å². The quantitative estimate of drug-likeness (QED) is 0.726. The molecule has 140 valence electrons. The highest BCUT2D eigenvalue weighted by molar-refractivity contribution is 5.84. The van der Waals surface area contributed by atoms with Gasteiger partial charge in [-0.2, -0.15) is 5.26 Å². The van der Waals surface area contributed by atoms with Crippen LogP contribution in [-0.2, 0) is 20.7 Å². The smallest absolute Gasteiger partial charge is 0.347 e. The van der Waals surface area contributed by atoms with Crippen LogP contribution < -0.4 is 10.1 Å². The fourth-order valence-electron chi connectivity index (χ4n) is 2.30. The molecule has 6 heteroatoms. The number of carbonyl (C=O) groups excluding carboxylic acids is 2. The van der Waals surface area contributed by atoms with E-state index in [4.69, 9.17) is 14.7 Å². The van der Waals surface area contributed by atoms with E-state index in [9.17, 15) is 9.59 Å². The first kappa shape index (κ1) is 20.0. The van der Waals surface area contributed by atoms with E-state index in [-0.39, 0.29) is 5.91 Å². The molecule has 2 rings (SSSR count). The van der Waals surface area contributed by atoms with Gasteiger partial charge >= 0.3 is 5.97 Å². The van der Waals surface area contributed by atoms with Crippen LogP contribution in [0.4, 0.5) is 0 Å². The lowest BCUT2D eigenvalue weighted by Gasteiger charge is -2.17. The van der Waals surface area contributed by atoms with E-state index in [1.165, 1.54) is 6.92 Å². The van der Waals surface area contributed by atoms with Gasteiger partial charge in [0.15, 0.2) is 12.2 Å². The van der Waals surface area contributed by atoms with Crippen LogP contribution >= 0.6 is 0 Å². The van der Waals surface area contributed by atoms with Crippen LogP contribution in [0, 0.1) is 11.3 Å². The van der Waals surface area contributed by atoms with E-state index in [1.54, 1.807) is 31.2 Å². The molecule has 0 unspecified atom stereocenters. The van der Waals surface area contributed by atoms with Crippen LogP contribution in [0.15, 0.2) is 54.6 Å². The molecule has 0 spiro atoms. The lowest BCUT2D eigenvalue weighted by Crippen LogP contribution is -2.39. The second-order valence-electron chi connectivity index (χ2n) is 6.00. The van der Waals surface area contributed by atoms with Crippen molar-refractivity contribution in [1.82, 2.24) is 5.32 Å². The Labute approximate surface area is 158 Å². The molecule has 0 heterocycles. The van der Waals surface area contributed by atoms with Crippen molar-refractivity contribution in [3.63, 3.8) is 0 Å². The third kappa shape index (κ3) is 6.48. The van der Waals surface area contributed by atoms with Crippen LogP contribution in [0.25, 0.3) is 0 Å². The number of nitriles is 1. The van der Waals surface area contributed by atoms with Gasteiger partial charge < -0.3 is 14.8 Å². The average Bonchev–Trinajstić information content (AvgIpc) is 2.69. The lowest BCUT2D eigenvalue weighted by atomic mass is 10.1. The Morgan fingerprint density at radius 3 is 2.33 bits per heavy atom. The first-order valence-corrected chi connectivity index (χ1v) is 8.68. The van der Waals surface area contributed by atoms with Crippen molar-refractivity contribution in [3.05, 3.63) is 65.7 Å². The number of hydrogen-bond acceptors (Lipinski definition) is 5. The van der Waals surface area contributed by atoms with Crippen molar-refractivity contribution in [3.8, 4) is 11.8 Å². The van der Waals surface area contributed by atoms with Gasteiger partial charge in [0.05, 0.1) is 11.6 Å². The minimum atomic E-state index is -0.916. The van der Waals surface area contributed by atoms with Crippen molar-refractivity contribution in [1.29, 1.82) is 5.26 Å². The lowest BCUT2D eigenvalue weighted by molar-refractivity contribution is -0.160. The second kappa shape index (κ2) is 9.97. The zero-order chi connectivity index (χ0) is 19.6. The summed E-state index contributed by atoms with van der Waals surface area (Å²) >= 11 is 0. The van der Waals surface area contributed by atoms with Crippen molar-refractivity contribution in [2.75, 3.05) is 6.54 Å². The van der Waals surface area contributed by atoms with Crippen LogP contribution in [0.5, 0.6) is 5.75 Å². The number of esters is 1. The predicted octanol–water partition coefficient (Wildman–Crippen LogP) is 2.62. The SMILES string of the molecule is C[C@H](Oc1ccc(C#N)cc1)C(=O)O[C@H](C)C(=O)NCCc1ccccc1. The maximum Gasteiger partial charge on any atom is 0.347 e. The van der Waals surface area contributed by atoms with Gasteiger partial charge in [-0.05, 0) is 50.1 Å². The summed E-state index contributed by atoms with van der Waals surface area (Å²) in [5, 5.41) is 11.5. The molecular weight excluding hydrogens is 344 g/mol. The molecule has 2 aromatic carbocycles. The molecule has 2 atom stereocenters. The maximum absolute atomic E-state index is 12.1. The molecule has 1 N–H and O–H groups in total. The summed E-state index contributed by atoms with van der Waals surface area (Å²) in [6, 6.07) is 18.2. The van der Waals surface area contributed by atoms with Gasteiger partial charge in [-0.1, -0.05) is 30.3 Å². The summed E-state index contributed by atoms with van der Waals surface area (Å²) in [5.41, 5.74) is 1.62. The second-order valence-corrected chi connectivity index (χ2v) is 6.00. The van der Waals surface area contributed by atoms with Gasteiger partial charge in [-0.15, -0.1) is 0 Å². The molecule has 6 nitrogen and oxygen atoms in total. The highest BCUT2D eigenvalue weighted by atomic mass is 16.6. The Morgan fingerprint density at radius 2 is 1.70 bits per heavy atom. The average molecular weight is 366 g/mol.